The lowest BCUT2D eigenvalue weighted by Gasteiger charge is -2.30. The van der Waals surface area contributed by atoms with Gasteiger partial charge in [0.25, 0.3) is 0 Å². The lowest BCUT2D eigenvalue weighted by atomic mass is 9.81. The molecule has 1 aliphatic carbocycles. The van der Waals surface area contributed by atoms with E-state index in [2.05, 4.69) is 27.7 Å². The van der Waals surface area contributed by atoms with E-state index in [-0.39, 0.29) is 23.9 Å². The first-order valence-electron chi connectivity index (χ1n) is 13.8. The van der Waals surface area contributed by atoms with Crippen LogP contribution in [-0.2, 0) is 14.3 Å². The molecule has 1 rings (SSSR count). The fourth-order valence-corrected chi connectivity index (χ4v) is 5.17. The predicted octanol–water partition coefficient (Wildman–Crippen LogP) is 8.17. The first-order chi connectivity index (χ1) is 15.4. The van der Waals surface area contributed by atoms with Crippen LogP contribution in [0.5, 0.6) is 0 Å². The van der Waals surface area contributed by atoms with Crippen LogP contribution in [0.3, 0.4) is 0 Å². The Kier molecular flexibility index (Phi) is 15.8. The maximum absolute atomic E-state index is 12.9. The molecule has 0 aromatic carbocycles. The van der Waals surface area contributed by atoms with Gasteiger partial charge < -0.3 is 9.84 Å². The highest BCUT2D eigenvalue weighted by Crippen LogP contribution is 2.32. The summed E-state index contributed by atoms with van der Waals surface area (Å²) in [5.41, 5.74) is 0. The number of aliphatic carboxylic acids is 1. The van der Waals surface area contributed by atoms with E-state index >= 15 is 0 Å². The van der Waals surface area contributed by atoms with Crippen LogP contribution in [0, 0.1) is 23.7 Å². The number of esters is 1. The monoisotopic (exact) mass is 452 g/mol. The normalized spacial score (nSPS) is 20.8. The largest absolute Gasteiger partial charge is 0.481 e. The topological polar surface area (TPSA) is 63.6 Å². The Bertz CT molecular complexity index is 502. The number of ether oxygens (including phenoxy) is 1. The number of hydrogen-bond donors (Lipinski definition) is 1. The number of carbonyl (C=O) groups is 2. The third kappa shape index (κ3) is 12.3. The second-order valence-corrected chi connectivity index (χ2v) is 10.6. The van der Waals surface area contributed by atoms with Crippen molar-refractivity contribution in [2.24, 2.45) is 23.7 Å². The summed E-state index contributed by atoms with van der Waals surface area (Å²) in [4.78, 5) is 24.3. The highest BCUT2D eigenvalue weighted by molar-refractivity contribution is 5.75. The fraction of sp³-hybridized carbons (Fsp3) is 0.929. The first-order valence-corrected chi connectivity index (χ1v) is 13.8. The van der Waals surface area contributed by atoms with E-state index in [0.29, 0.717) is 18.8 Å². The van der Waals surface area contributed by atoms with E-state index in [9.17, 15) is 14.7 Å². The maximum Gasteiger partial charge on any atom is 0.309 e. The van der Waals surface area contributed by atoms with Gasteiger partial charge in [-0.25, -0.2) is 0 Å². The molecule has 0 aliphatic heterocycles. The summed E-state index contributed by atoms with van der Waals surface area (Å²) in [6.07, 6.45) is 18.5. The van der Waals surface area contributed by atoms with Crippen LogP contribution in [0.1, 0.15) is 137 Å². The van der Waals surface area contributed by atoms with Crippen molar-refractivity contribution in [3.63, 3.8) is 0 Å². The van der Waals surface area contributed by atoms with E-state index in [0.717, 1.165) is 50.9 Å². The number of carboxylic acids is 1. The molecule has 0 radical (unpaired) electrons. The summed E-state index contributed by atoms with van der Waals surface area (Å²) in [6.45, 7) is 9.01. The minimum Gasteiger partial charge on any atom is -0.481 e. The van der Waals surface area contributed by atoms with Gasteiger partial charge in [-0.3, -0.25) is 9.59 Å². The van der Waals surface area contributed by atoms with Gasteiger partial charge in [0.15, 0.2) is 0 Å². The molecule has 4 nitrogen and oxygen atoms in total. The first kappa shape index (κ1) is 29.0. The molecule has 0 spiro atoms. The van der Waals surface area contributed by atoms with Crippen LogP contribution in [0.15, 0.2) is 0 Å². The van der Waals surface area contributed by atoms with Crippen molar-refractivity contribution >= 4 is 11.9 Å². The van der Waals surface area contributed by atoms with E-state index in [1.807, 2.05) is 0 Å². The van der Waals surface area contributed by atoms with Crippen molar-refractivity contribution in [3.05, 3.63) is 0 Å². The number of unbranched alkanes of at least 4 members (excludes halogenated alkanes) is 7. The SMILES string of the molecule is CCCCC(CC)C(CCCCCCCCCC(C)C)OC(=O)C1CCCC(C(=O)O)C1. The molecule has 0 saturated heterocycles. The van der Waals surface area contributed by atoms with Crippen LogP contribution < -0.4 is 0 Å². The Morgan fingerprint density at radius 2 is 1.44 bits per heavy atom. The molecule has 0 heterocycles. The van der Waals surface area contributed by atoms with Crippen LogP contribution in [0.25, 0.3) is 0 Å². The molecular formula is C28H52O4. The Balaban J connectivity index is 2.47. The zero-order chi connectivity index (χ0) is 23.8. The summed E-state index contributed by atoms with van der Waals surface area (Å²) in [5.74, 6) is -0.283. The molecule has 1 fully saturated rings. The number of carbonyl (C=O) groups excluding carboxylic acids is 1. The zero-order valence-corrected chi connectivity index (χ0v) is 21.6. The molecule has 0 bridgehead atoms. The smallest absolute Gasteiger partial charge is 0.309 e. The Morgan fingerprint density at radius 1 is 0.844 bits per heavy atom. The van der Waals surface area contributed by atoms with Crippen molar-refractivity contribution in [1.82, 2.24) is 0 Å². The van der Waals surface area contributed by atoms with Gasteiger partial charge in [-0.1, -0.05) is 91.9 Å². The van der Waals surface area contributed by atoms with Gasteiger partial charge in [0.1, 0.15) is 6.10 Å². The standard InChI is InChI=1S/C28H52O4/c1-5-7-17-23(6-2)26(20-14-12-10-8-9-11-13-16-22(3)4)32-28(31)25-19-15-18-24(21-25)27(29)30/h22-26H,5-21H2,1-4H3,(H,29,30). The third-order valence-electron chi connectivity index (χ3n) is 7.37. The van der Waals surface area contributed by atoms with Gasteiger partial charge >= 0.3 is 11.9 Å². The van der Waals surface area contributed by atoms with Gasteiger partial charge in [0.2, 0.25) is 0 Å². The lowest BCUT2D eigenvalue weighted by molar-refractivity contribution is -0.160. The number of carboxylic acid groups (broad SMARTS) is 1. The van der Waals surface area contributed by atoms with Gasteiger partial charge in [0.05, 0.1) is 11.8 Å². The molecular weight excluding hydrogens is 400 g/mol. The van der Waals surface area contributed by atoms with E-state index < -0.39 is 5.97 Å². The average Bonchev–Trinajstić information content (AvgIpc) is 2.77. The molecule has 1 aliphatic rings. The van der Waals surface area contributed by atoms with Crippen LogP contribution in [-0.4, -0.2) is 23.1 Å². The number of rotatable bonds is 18. The van der Waals surface area contributed by atoms with Crippen LogP contribution in [0.2, 0.25) is 0 Å². The van der Waals surface area contributed by atoms with Crippen molar-refractivity contribution in [2.75, 3.05) is 0 Å². The molecule has 188 valence electrons. The lowest BCUT2D eigenvalue weighted by Crippen LogP contribution is -2.33. The Morgan fingerprint density at radius 3 is 2.00 bits per heavy atom. The van der Waals surface area contributed by atoms with Gasteiger partial charge in [0, 0.05) is 0 Å². The number of hydrogen-bond acceptors (Lipinski definition) is 3. The maximum atomic E-state index is 12.9. The van der Waals surface area contributed by atoms with Crippen molar-refractivity contribution < 1.29 is 19.4 Å². The fourth-order valence-electron chi connectivity index (χ4n) is 5.17. The highest BCUT2D eigenvalue weighted by atomic mass is 16.5. The van der Waals surface area contributed by atoms with Crippen LogP contribution in [0.4, 0.5) is 0 Å². The molecule has 1 saturated carbocycles. The minimum absolute atomic E-state index is 0.00436. The van der Waals surface area contributed by atoms with Crippen molar-refractivity contribution in [2.45, 2.75) is 143 Å². The quantitative estimate of drug-likeness (QED) is 0.168. The van der Waals surface area contributed by atoms with Crippen LogP contribution >= 0.6 is 0 Å². The molecule has 0 aromatic heterocycles. The van der Waals surface area contributed by atoms with E-state index in [4.69, 9.17) is 4.74 Å². The minimum atomic E-state index is -0.766. The van der Waals surface area contributed by atoms with Crippen molar-refractivity contribution in [3.8, 4) is 0 Å². The summed E-state index contributed by atoms with van der Waals surface area (Å²) >= 11 is 0. The third-order valence-corrected chi connectivity index (χ3v) is 7.37. The molecule has 0 aromatic rings. The van der Waals surface area contributed by atoms with Gasteiger partial charge in [-0.2, -0.15) is 0 Å². The Hall–Kier alpha value is -1.06. The molecule has 4 unspecified atom stereocenters. The second-order valence-electron chi connectivity index (χ2n) is 10.6. The van der Waals surface area contributed by atoms with Crippen molar-refractivity contribution in [1.29, 1.82) is 0 Å². The molecule has 4 heteroatoms. The van der Waals surface area contributed by atoms with E-state index in [1.165, 1.54) is 51.4 Å². The summed E-state index contributed by atoms with van der Waals surface area (Å²) in [5, 5.41) is 9.35. The van der Waals surface area contributed by atoms with Gasteiger partial charge in [-0.05, 0) is 56.8 Å². The molecule has 4 atom stereocenters. The zero-order valence-electron chi connectivity index (χ0n) is 21.6. The summed E-state index contributed by atoms with van der Waals surface area (Å²) in [6, 6.07) is 0. The summed E-state index contributed by atoms with van der Waals surface area (Å²) < 4.78 is 6.12. The Labute approximate surface area is 198 Å². The van der Waals surface area contributed by atoms with Gasteiger partial charge in [-0.15, -0.1) is 0 Å². The average molecular weight is 453 g/mol. The second kappa shape index (κ2) is 17.4. The summed E-state index contributed by atoms with van der Waals surface area (Å²) in [7, 11) is 0. The highest BCUT2D eigenvalue weighted by Gasteiger charge is 2.34. The van der Waals surface area contributed by atoms with E-state index in [1.54, 1.807) is 0 Å². The molecule has 0 amide bonds. The predicted molar refractivity (Wildman–Crippen MR) is 133 cm³/mol. The molecule has 1 N–H and O–H groups in total. The molecule has 32 heavy (non-hydrogen) atoms.